The molecular weight excluding hydrogens is 376 g/mol. The highest BCUT2D eigenvalue weighted by Crippen LogP contribution is 2.25. The van der Waals surface area contributed by atoms with Gasteiger partial charge >= 0.3 is 0 Å². The molecule has 2 N–H and O–H groups in total. The van der Waals surface area contributed by atoms with Gasteiger partial charge in [0.1, 0.15) is 11.6 Å². The average Bonchev–Trinajstić information content (AvgIpc) is 2.96. The smallest absolute Gasteiger partial charge is 0.241 e. The minimum atomic E-state index is -3.77. The number of hydrogen-bond acceptors (Lipinski definition) is 5. The summed E-state index contributed by atoms with van der Waals surface area (Å²) in [5.74, 6) is -0.987. The summed E-state index contributed by atoms with van der Waals surface area (Å²) in [5, 5.41) is 9.87. The molecule has 9 heteroatoms. The Bertz CT molecular complexity index is 1030. The SMILES string of the molecule is Cc1c(-c2ccncc2)n[nH]c1NC(=O)CS(=O)(=O)c1ccc(Cl)cc1. The van der Waals surface area contributed by atoms with Crippen LogP contribution in [-0.4, -0.2) is 35.3 Å². The van der Waals surface area contributed by atoms with Crippen molar-refractivity contribution in [2.75, 3.05) is 11.1 Å². The van der Waals surface area contributed by atoms with Crippen LogP contribution in [0, 0.1) is 6.92 Å². The van der Waals surface area contributed by atoms with Crippen molar-refractivity contribution >= 4 is 33.2 Å². The second-order valence-corrected chi connectivity index (χ2v) is 8.00. The maximum absolute atomic E-state index is 12.3. The molecule has 1 aromatic carbocycles. The minimum absolute atomic E-state index is 0.0378. The van der Waals surface area contributed by atoms with Crippen molar-refractivity contribution in [1.82, 2.24) is 15.2 Å². The number of halogens is 1. The van der Waals surface area contributed by atoms with E-state index in [9.17, 15) is 13.2 Å². The first-order chi connectivity index (χ1) is 12.4. The molecule has 3 aromatic rings. The molecule has 0 aliphatic rings. The quantitative estimate of drug-likeness (QED) is 0.696. The standard InChI is InChI=1S/C17H15ClN4O3S/c1-11-16(12-6-8-19-9-7-12)21-22-17(11)20-15(23)10-26(24,25)14-4-2-13(18)3-5-14/h2-9H,10H2,1H3,(H2,20,21,22,23). The summed E-state index contributed by atoms with van der Waals surface area (Å²) in [4.78, 5) is 16.2. The molecule has 0 bridgehead atoms. The lowest BCUT2D eigenvalue weighted by Gasteiger charge is -2.06. The maximum Gasteiger partial charge on any atom is 0.241 e. The molecule has 0 radical (unpaired) electrons. The van der Waals surface area contributed by atoms with E-state index in [2.05, 4.69) is 20.5 Å². The third-order valence-electron chi connectivity index (χ3n) is 3.72. The highest BCUT2D eigenvalue weighted by atomic mass is 35.5. The molecule has 26 heavy (non-hydrogen) atoms. The molecule has 0 aliphatic heterocycles. The zero-order valence-corrected chi connectivity index (χ0v) is 15.3. The zero-order valence-electron chi connectivity index (χ0n) is 13.7. The fourth-order valence-corrected chi connectivity index (χ4v) is 3.64. The van der Waals surface area contributed by atoms with E-state index in [4.69, 9.17) is 11.6 Å². The topological polar surface area (TPSA) is 105 Å². The van der Waals surface area contributed by atoms with Gasteiger partial charge in [-0.1, -0.05) is 11.6 Å². The van der Waals surface area contributed by atoms with Crippen molar-refractivity contribution in [2.24, 2.45) is 0 Å². The van der Waals surface area contributed by atoms with Crippen LogP contribution in [0.2, 0.25) is 5.02 Å². The Balaban J connectivity index is 1.75. The average molecular weight is 391 g/mol. The number of pyridine rings is 1. The Morgan fingerprint density at radius 2 is 1.81 bits per heavy atom. The highest BCUT2D eigenvalue weighted by molar-refractivity contribution is 7.92. The van der Waals surface area contributed by atoms with E-state index in [0.29, 0.717) is 22.1 Å². The Hall–Kier alpha value is -2.71. The van der Waals surface area contributed by atoms with E-state index < -0.39 is 21.5 Å². The first-order valence-corrected chi connectivity index (χ1v) is 9.63. The third-order valence-corrected chi connectivity index (χ3v) is 5.61. The van der Waals surface area contributed by atoms with Gasteiger partial charge in [-0.3, -0.25) is 14.9 Å². The van der Waals surface area contributed by atoms with Crippen molar-refractivity contribution in [3.05, 3.63) is 59.4 Å². The number of benzene rings is 1. The molecule has 0 fully saturated rings. The van der Waals surface area contributed by atoms with E-state index >= 15 is 0 Å². The van der Waals surface area contributed by atoms with Crippen molar-refractivity contribution in [3.8, 4) is 11.3 Å². The van der Waals surface area contributed by atoms with Gasteiger partial charge in [-0.2, -0.15) is 5.10 Å². The molecule has 0 spiro atoms. The van der Waals surface area contributed by atoms with Crippen molar-refractivity contribution in [2.45, 2.75) is 11.8 Å². The number of anilines is 1. The molecule has 0 atom stereocenters. The van der Waals surface area contributed by atoms with E-state index in [1.165, 1.54) is 24.3 Å². The van der Waals surface area contributed by atoms with Gasteiger partial charge in [0.15, 0.2) is 9.84 Å². The van der Waals surface area contributed by atoms with E-state index in [0.717, 1.165) is 5.56 Å². The minimum Gasteiger partial charge on any atom is -0.310 e. The lowest BCUT2D eigenvalue weighted by molar-refractivity contribution is -0.113. The molecule has 134 valence electrons. The summed E-state index contributed by atoms with van der Waals surface area (Å²) in [6.45, 7) is 1.78. The zero-order chi connectivity index (χ0) is 18.7. The Kier molecular flexibility index (Phi) is 5.06. The molecule has 0 aliphatic carbocycles. The molecule has 1 amide bonds. The number of amides is 1. The molecule has 7 nitrogen and oxygen atoms in total. The van der Waals surface area contributed by atoms with Crippen LogP contribution < -0.4 is 5.32 Å². The van der Waals surface area contributed by atoms with Crippen LogP contribution in [0.4, 0.5) is 5.82 Å². The highest BCUT2D eigenvalue weighted by Gasteiger charge is 2.21. The molecule has 2 aromatic heterocycles. The maximum atomic E-state index is 12.3. The second kappa shape index (κ2) is 7.27. The first kappa shape index (κ1) is 18.1. The summed E-state index contributed by atoms with van der Waals surface area (Å²) in [7, 11) is -3.77. The monoisotopic (exact) mass is 390 g/mol. The summed E-state index contributed by atoms with van der Waals surface area (Å²) < 4.78 is 24.6. The fraction of sp³-hybridized carbons (Fsp3) is 0.118. The Morgan fingerprint density at radius 3 is 2.46 bits per heavy atom. The van der Waals surface area contributed by atoms with Crippen LogP contribution in [0.1, 0.15) is 5.56 Å². The number of nitrogens with zero attached hydrogens (tertiary/aromatic N) is 2. The van der Waals surface area contributed by atoms with Crippen molar-refractivity contribution < 1.29 is 13.2 Å². The van der Waals surface area contributed by atoms with Gasteiger partial charge in [-0.15, -0.1) is 0 Å². The second-order valence-electron chi connectivity index (χ2n) is 5.57. The molecular formula is C17H15ClN4O3S. The molecule has 0 saturated heterocycles. The first-order valence-electron chi connectivity index (χ1n) is 7.60. The van der Waals surface area contributed by atoms with Crippen LogP contribution in [0.5, 0.6) is 0 Å². The van der Waals surface area contributed by atoms with Gasteiger partial charge in [0, 0.05) is 28.5 Å². The Labute approximate surface area is 155 Å². The number of nitrogens with one attached hydrogen (secondary N) is 2. The number of aromatic nitrogens is 3. The molecule has 3 rings (SSSR count). The van der Waals surface area contributed by atoms with Crippen LogP contribution in [0.3, 0.4) is 0 Å². The number of carbonyl (C=O) groups is 1. The largest absolute Gasteiger partial charge is 0.310 e. The van der Waals surface area contributed by atoms with Crippen LogP contribution in [0.15, 0.2) is 53.7 Å². The van der Waals surface area contributed by atoms with Crippen molar-refractivity contribution in [3.63, 3.8) is 0 Å². The van der Waals surface area contributed by atoms with Gasteiger partial charge in [0.05, 0.1) is 10.6 Å². The molecule has 0 saturated carbocycles. The number of rotatable bonds is 5. The van der Waals surface area contributed by atoms with Gasteiger partial charge < -0.3 is 5.32 Å². The summed E-state index contributed by atoms with van der Waals surface area (Å²) in [6, 6.07) is 9.25. The fourth-order valence-electron chi connectivity index (χ4n) is 2.38. The van der Waals surface area contributed by atoms with Gasteiger partial charge in [-0.05, 0) is 43.3 Å². The predicted molar refractivity (Wildman–Crippen MR) is 98.7 cm³/mol. The van der Waals surface area contributed by atoms with Crippen LogP contribution in [0.25, 0.3) is 11.3 Å². The van der Waals surface area contributed by atoms with Crippen molar-refractivity contribution in [1.29, 1.82) is 0 Å². The Morgan fingerprint density at radius 1 is 1.15 bits per heavy atom. The number of sulfone groups is 1. The molecule has 0 unspecified atom stereocenters. The number of carbonyl (C=O) groups excluding carboxylic acids is 1. The summed E-state index contributed by atoms with van der Waals surface area (Å²) >= 11 is 5.76. The van der Waals surface area contributed by atoms with Gasteiger partial charge in [0.25, 0.3) is 0 Å². The van der Waals surface area contributed by atoms with Crippen LogP contribution in [-0.2, 0) is 14.6 Å². The van der Waals surface area contributed by atoms with E-state index in [1.54, 1.807) is 31.5 Å². The normalized spacial score (nSPS) is 11.3. The van der Waals surface area contributed by atoms with E-state index in [-0.39, 0.29) is 4.90 Å². The lowest BCUT2D eigenvalue weighted by atomic mass is 10.1. The van der Waals surface area contributed by atoms with Crippen LogP contribution >= 0.6 is 11.6 Å². The van der Waals surface area contributed by atoms with Gasteiger partial charge in [0.2, 0.25) is 5.91 Å². The lowest BCUT2D eigenvalue weighted by Crippen LogP contribution is -2.23. The third kappa shape index (κ3) is 3.92. The van der Waals surface area contributed by atoms with Gasteiger partial charge in [-0.25, -0.2) is 8.42 Å². The number of hydrogen-bond donors (Lipinski definition) is 2. The summed E-state index contributed by atoms with van der Waals surface area (Å²) in [6.07, 6.45) is 3.28. The summed E-state index contributed by atoms with van der Waals surface area (Å²) in [5.41, 5.74) is 2.19. The predicted octanol–water partition coefficient (Wildman–Crippen LogP) is 2.85. The van der Waals surface area contributed by atoms with E-state index in [1.807, 2.05) is 0 Å². The number of aromatic amines is 1. The number of H-pyrrole nitrogens is 1. The molecule has 2 heterocycles.